The van der Waals surface area contributed by atoms with Gasteiger partial charge in [0.05, 0.1) is 19.4 Å². The van der Waals surface area contributed by atoms with E-state index >= 15 is 18.8 Å². The fourth-order valence-corrected chi connectivity index (χ4v) is 12.3. The number of carboxylic acids is 3. The Morgan fingerprint density at radius 1 is 0.593 bits per heavy atom. The monoisotopic (exact) mass is 1670 g/mol. The van der Waals surface area contributed by atoms with Crippen LogP contribution in [0, 0.1) is 23.6 Å². The highest BCUT2D eigenvalue weighted by Crippen LogP contribution is 2.18. The number of aliphatic hydroxyl groups is 1. The molecule has 0 bridgehead atoms. The molecule has 0 saturated carbocycles. The molecule has 27 N–H and O–H groups in total. The smallest absolute Gasteiger partial charge is 0.328 e. The van der Waals surface area contributed by atoms with Gasteiger partial charge in [-0.15, -0.1) is 0 Å². The van der Waals surface area contributed by atoms with Crippen LogP contribution >= 0.6 is 0 Å². The number of nitrogens with one attached hydrogen (secondary N) is 15. The van der Waals surface area contributed by atoms with Crippen molar-refractivity contribution in [1.82, 2.24) is 84.4 Å². The maximum Gasteiger partial charge on any atom is 0.328 e. The summed E-state index contributed by atoms with van der Waals surface area (Å²) >= 11 is 0. The van der Waals surface area contributed by atoms with Crippen LogP contribution in [0.1, 0.15) is 175 Å². The van der Waals surface area contributed by atoms with Crippen LogP contribution in [-0.2, 0) is 94.3 Å². The third-order valence-corrected chi connectivity index (χ3v) is 18.9. The van der Waals surface area contributed by atoms with Crippen LogP contribution in [0.2, 0.25) is 0 Å². The van der Waals surface area contributed by atoms with Gasteiger partial charge in [-0.3, -0.25) is 81.7 Å². The van der Waals surface area contributed by atoms with Gasteiger partial charge in [0.2, 0.25) is 82.7 Å². The predicted molar refractivity (Wildman–Crippen MR) is 423 cm³/mol. The lowest BCUT2D eigenvalue weighted by molar-refractivity contribution is -0.144. The number of aliphatic hydroxyl groups excluding tert-OH is 1. The van der Waals surface area contributed by atoms with Gasteiger partial charge in [0.15, 0.2) is 5.96 Å². The summed E-state index contributed by atoms with van der Waals surface area (Å²) in [5.41, 5.74) is 23.0. The van der Waals surface area contributed by atoms with Gasteiger partial charge in [0.1, 0.15) is 84.4 Å². The van der Waals surface area contributed by atoms with Crippen molar-refractivity contribution in [2.45, 2.75) is 255 Å². The molecule has 1 aromatic carbocycles. The minimum Gasteiger partial charge on any atom is -0.481 e. The number of carboxylic acid groups (broad SMARTS) is 3. The first kappa shape index (κ1) is 101. The van der Waals surface area contributed by atoms with Crippen LogP contribution in [0.5, 0.6) is 0 Å². The second-order valence-electron chi connectivity index (χ2n) is 29.7. The number of nitrogens with zero attached hydrogens (tertiary/aromatic N) is 2. The topological polar surface area (TPSA) is 685 Å². The van der Waals surface area contributed by atoms with E-state index in [4.69, 9.17) is 22.9 Å². The number of aromatic amines is 1. The number of unbranched alkanes of at least 4 members (excludes halogenated alkanes) is 2. The third kappa shape index (κ3) is 37.6. The van der Waals surface area contributed by atoms with Crippen LogP contribution in [0.3, 0.4) is 0 Å². The van der Waals surface area contributed by atoms with Gasteiger partial charge >= 0.3 is 17.9 Å². The number of hydrogen-bond acceptors (Lipinski definition) is 22. The number of aliphatic imine (C=N–C) groups is 1. The number of aromatic nitrogens is 2. The van der Waals surface area contributed by atoms with Crippen molar-refractivity contribution in [3.8, 4) is 0 Å². The molecule has 14 atom stereocenters. The number of imidazole rings is 1. The molecule has 658 valence electrons. The van der Waals surface area contributed by atoms with Crippen LogP contribution in [-0.4, -0.2) is 248 Å². The number of rotatable bonds is 46. The van der Waals surface area contributed by atoms with Gasteiger partial charge in [0, 0.05) is 57.6 Å². The van der Waals surface area contributed by atoms with Crippen molar-refractivity contribution < 1.29 is 106 Å². The molecule has 0 aliphatic carbocycles. The quantitative estimate of drug-likeness (QED) is 0.0168. The average Bonchev–Trinajstić information content (AvgIpc) is 0.887. The zero-order valence-corrected chi connectivity index (χ0v) is 67.7. The van der Waals surface area contributed by atoms with E-state index in [1.807, 2.05) is 5.32 Å². The summed E-state index contributed by atoms with van der Waals surface area (Å²) in [6.07, 6.45) is -1.35. The number of H-pyrrole nitrogens is 1. The Kier molecular flexibility index (Phi) is 45.2. The van der Waals surface area contributed by atoms with Crippen molar-refractivity contribution in [3.05, 3.63) is 53.9 Å². The Morgan fingerprint density at radius 3 is 1.64 bits per heavy atom. The number of halogens is 1. The van der Waals surface area contributed by atoms with Gasteiger partial charge in [-0.2, -0.15) is 0 Å². The van der Waals surface area contributed by atoms with E-state index in [1.54, 1.807) is 41.5 Å². The molecule has 3 rings (SSSR count). The van der Waals surface area contributed by atoms with Crippen LogP contribution in [0.15, 0.2) is 41.8 Å². The number of carbonyl (C=O) groups excluding carboxylic acids is 14. The minimum absolute atomic E-state index is 0.0186. The first-order valence-corrected chi connectivity index (χ1v) is 39.4. The molecular formula is C75H120FN21O21. The van der Waals surface area contributed by atoms with E-state index in [0.717, 1.165) is 13.0 Å². The molecule has 1 aliphatic rings. The molecule has 1 saturated heterocycles. The lowest BCUT2D eigenvalue weighted by Crippen LogP contribution is -2.62. The largest absolute Gasteiger partial charge is 0.481 e. The van der Waals surface area contributed by atoms with Gasteiger partial charge in [-0.25, -0.2) is 14.2 Å². The van der Waals surface area contributed by atoms with Crippen molar-refractivity contribution >= 4 is 107 Å². The summed E-state index contributed by atoms with van der Waals surface area (Å²) in [4.78, 5) is 247. The lowest BCUT2D eigenvalue weighted by Gasteiger charge is -2.30. The molecule has 14 amide bonds. The minimum atomic E-state index is -2.00. The summed E-state index contributed by atoms with van der Waals surface area (Å²) in [6, 6.07) is -16.1. The lowest BCUT2D eigenvalue weighted by atomic mass is 9.96. The summed E-state index contributed by atoms with van der Waals surface area (Å²) in [6.45, 7) is 9.96. The van der Waals surface area contributed by atoms with Crippen molar-refractivity contribution in [2.24, 2.45) is 45.7 Å². The summed E-state index contributed by atoms with van der Waals surface area (Å²) in [5, 5.41) is 73.5. The second kappa shape index (κ2) is 53.0. The Balaban J connectivity index is 2.21. The van der Waals surface area contributed by atoms with Crippen molar-refractivity contribution in [1.29, 1.82) is 0 Å². The van der Waals surface area contributed by atoms with E-state index in [9.17, 15) is 87.5 Å². The van der Waals surface area contributed by atoms with Crippen molar-refractivity contribution in [2.75, 3.05) is 32.8 Å². The molecule has 1 fully saturated rings. The average molecular weight is 1670 g/mol. The number of guanidine groups is 1. The number of carbonyl (C=O) groups is 17. The highest BCUT2D eigenvalue weighted by molar-refractivity contribution is 6.01. The second-order valence-corrected chi connectivity index (χ2v) is 29.7. The van der Waals surface area contributed by atoms with Gasteiger partial charge in [-0.05, 0) is 132 Å². The van der Waals surface area contributed by atoms with Gasteiger partial charge in [0.25, 0.3) is 0 Å². The summed E-state index contributed by atoms with van der Waals surface area (Å²) in [7, 11) is 0. The molecule has 2 heterocycles. The normalized spacial score (nSPS) is 18.7. The molecule has 0 spiro atoms. The molecule has 42 nitrogen and oxygen atoms in total. The SMILES string of the molecule is CCC(C)[C@H](NC(=O)[C@H](CCCCN)NC(=O)[C@H](Cc1cnc[nH]1)NC(=O)[C@H](CCCCN)NC(=O)[C@H](CCC(=O)O)NC(C)=O)C(=O)NC(Cc1ccccc1F)C(=O)N[C@H]1CCC(=O)NCCC[C@@H](C(=O)N[C@@H](CC(=O)O)C(=O)N[C@@H](CO)C(=O)O)NC(=O)[C@H](CC(C)C)NC(=O)[C@H](CC(C)C)NC(=O)[C@H](CCCN=C(N)N)NC1=O. The summed E-state index contributed by atoms with van der Waals surface area (Å²) in [5.74, 6) is -21.3. The predicted octanol–water partition coefficient (Wildman–Crippen LogP) is -4.79. The Bertz CT molecular complexity index is 3740. The number of amides is 14. The highest BCUT2D eigenvalue weighted by Gasteiger charge is 2.40. The Morgan fingerprint density at radius 2 is 1.12 bits per heavy atom. The standard InChI is InChI=1S/C75H120FN21O21/c1-8-41(6)61(97-67(110)47(20-12-14-28-78)88-71(114)55(34-44-36-81-38-84-44)93-62(105)46(19-11-13-27-77)86-65(108)50(85-42(7)99)24-26-59(101)102)73(116)95-54(33-43-17-9-10-18-45(43)76)70(113)90-51-23-25-58(100)82-29-15-21-49(64(107)94-56(35-60(103)104)72(115)96-57(37-98)74(117)118)89-68(111)52(31-39(2)3)92-69(112)53(32-40(4)5)91-63(106)48(87-66(51)109)22-16-30-83-75(79)80/h9-10,17-18,36,38-41,46-57,61,98H,8,11-16,19-35,37,77-78H2,1-7H3,(H,81,84)(H,82,100)(H,85,99)(H,86,108)(H,87,109)(H,88,114)(H,89,111)(H,90,113)(H,91,106)(H,92,112)(H,93,105)(H,94,107)(H,95,116)(H,96,115)(H,97,110)(H,101,102)(H,103,104)(H,117,118)(H4,79,80,83)/t41?,46-,47-,48-,49-,50-,51-,52-,53-,54?,55-,56-,57-,61-/m0/s1. The van der Waals surface area contributed by atoms with Gasteiger partial charge < -0.3 is 123 Å². The third-order valence-electron chi connectivity index (χ3n) is 18.9. The number of hydrogen-bond donors (Lipinski definition) is 23. The maximum absolute atomic E-state index is 15.9. The molecule has 0 radical (unpaired) electrons. The highest BCUT2D eigenvalue weighted by atomic mass is 19.1. The van der Waals surface area contributed by atoms with E-state index in [1.165, 1.54) is 30.7 Å². The van der Waals surface area contributed by atoms with E-state index in [2.05, 4.69) is 84.1 Å². The molecule has 2 unspecified atom stereocenters. The number of benzene rings is 1. The fraction of sp³-hybridized carbons (Fsp3) is 0.640. The van der Waals surface area contributed by atoms with Crippen molar-refractivity contribution in [3.63, 3.8) is 0 Å². The maximum atomic E-state index is 15.9. The van der Waals surface area contributed by atoms with E-state index < -0.39 is 230 Å². The van der Waals surface area contributed by atoms with Crippen LogP contribution < -0.4 is 97.4 Å². The van der Waals surface area contributed by atoms with E-state index in [-0.39, 0.29) is 133 Å². The first-order valence-electron chi connectivity index (χ1n) is 39.4. The summed E-state index contributed by atoms with van der Waals surface area (Å²) < 4.78 is 15.9. The Hall–Kier alpha value is -11.5. The van der Waals surface area contributed by atoms with Gasteiger partial charge in [-0.1, -0.05) is 66.2 Å². The Labute approximate surface area is 682 Å². The van der Waals surface area contributed by atoms with Crippen LogP contribution in [0.4, 0.5) is 4.39 Å². The van der Waals surface area contributed by atoms with Crippen LogP contribution in [0.25, 0.3) is 0 Å². The molecular weight excluding hydrogens is 1550 g/mol. The number of nitrogens with two attached hydrogens (primary N) is 4. The zero-order chi connectivity index (χ0) is 88.3. The molecule has 43 heteroatoms. The van der Waals surface area contributed by atoms with E-state index in [0.29, 0.717) is 18.5 Å². The molecule has 118 heavy (non-hydrogen) atoms. The molecule has 1 aromatic heterocycles. The first-order chi connectivity index (χ1) is 55.8. The zero-order valence-electron chi connectivity index (χ0n) is 67.7. The molecule has 2 aromatic rings. The molecule has 1 aliphatic heterocycles. The number of aliphatic carboxylic acids is 3. The fourth-order valence-electron chi connectivity index (χ4n) is 12.3.